The number of ether oxygens (including phenoxy) is 1. The molecule has 0 bridgehead atoms. The van der Waals surface area contributed by atoms with Gasteiger partial charge in [-0.05, 0) is 12.1 Å². The number of rotatable bonds is 14. The molecule has 1 unspecified atom stereocenters. The minimum absolute atomic E-state index is 0.326. The molecule has 0 fully saturated rings. The van der Waals surface area contributed by atoms with Crippen LogP contribution in [0.4, 0.5) is 89.1 Å². The summed E-state index contributed by atoms with van der Waals surface area (Å²) in [6, 6.07) is -1.29. The SMILES string of the molecule is O=C(CS(=O)(=O)c1ccc(S(=O)C(F)(F)C(F)(F)C(F)(F)F)cc1[N+](=O)[O-])OCC(F)(F)C(F)(F)C(F)(F)C(F)(F)C(F)(F)C(F)F. The fraction of sp³-hybridized carbons (Fsp3) is 0.611. The first-order valence-electron chi connectivity index (χ1n) is 10.6. The van der Waals surface area contributed by atoms with Crippen LogP contribution in [0.2, 0.25) is 0 Å². The summed E-state index contributed by atoms with van der Waals surface area (Å²) in [4.78, 5) is 16.9. The number of benzene rings is 1. The summed E-state index contributed by atoms with van der Waals surface area (Å²) in [5.74, 6) is -50.6. The third-order valence-electron chi connectivity index (χ3n) is 5.29. The van der Waals surface area contributed by atoms with Gasteiger partial charge in [-0.25, -0.2) is 21.4 Å². The highest BCUT2D eigenvalue weighted by molar-refractivity contribution is 7.92. The van der Waals surface area contributed by atoms with Gasteiger partial charge < -0.3 is 4.74 Å². The minimum atomic E-state index is -8.06. The molecule has 1 aromatic carbocycles. The monoisotopic (exact) mass is 775 g/mol. The van der Waals surface area contributed by atoms with Gasteiger partial charge in [0.2, 0.25) is 0 Å². The van der Waals surface area contributed by atoms with Gasteiger partial charge in [0.15, 0.2) is 22.2 Å². The Morgan fingerprint density at radius 3 is 1.68 bits per heavy atom. The van der Waals surface area contributed by atoms with E-state index in [0.29, 0.717) is 0 Å². The largest absolute Gasteiger partial charge is 0.461 e. The van der Waals surface area contributed by atoms with Gasteiger partial charge in [0, 0.05) is 6.07 Å². The second-order valence-corrected chi connectivity index (χ2v) is 12.0. The van der Waals surface area contributed by atoms with E-state index in [4.69, 9.17) is 0 Å². The fourth-order valence-corrected chi connectivity index (χ4v) is 5.09. The van der Waals surface area contributed by atoms with Crippen LogP contribution in [0.15, 0.2) is 28.0 Å². The van der Waals surface area contributed by atoms with E-state index < -0.39 is 119 Å². The van der Waals surface area contributed by atoms with Crippen molar-refractivity contribution in [3.63, 3.8) is 0 Å². The normalized spacial score (nSPS) is 15.5. The lowest BCUT2D eigenvalue weighted by Gasteiger charge is -2.38. The van der Waals surface area contributed by atoms with Gasteiger partial charge in [-0.3, -0.25) is 14.9 Å². The van der Waals surface area contributed by atoms with Gasteiger partial charge in [0.25, 0.3) is 5.69 Å². The van der Waals surface area contributed by atoms with Gasteiger partial charge in [-0.1, -0.05) is 0 Å². The molecule has 29 heteroatoms. The highest BCUT2D eigenvalue weighted by Gasteiger charge is 2.88. The summed E-state index contributed by atoms with van der Waals surface area (Å²) in [6.45, 7) is -3.61. The number of hydrogen-bond acceptors (Lipinski definition) is 7. The number of nitro benzene ring substituents is 1. The van der Waals surface area contributed by atoms with E-state index in [9.17, 15) is 111 Å². The number of halogens is 19. The number of hydrogen-bond donors (Lipinski definition) is 0. The van der Waals surface area contributed by atoms with Crippen molar-refractivity contribution in [3.05, 3.63) is 28.3 Å². The third-order valence-corrected chi connectivity index (χ3v) is 8.33. The highest BCUT2D eigenvalue weighted by Crippen LogP contribution is 2.58. The van der Waals surface area contributed by atoms with Crippen molar-refractivity contribution < 1.29 is 110 Å². The average molecular weight is 775 g/mol. The van der Waals surface area contributed by atoms with Crippen molar-refractivity contribution >= 4 is 32.3 Å². The Kier molecular flexibility index (Phi) is 11.0. The van der Waals surface area contributed by atoms with E-state index in [0.717, 1.165) is 0 Å². The van der Waals surface area contributed by atoms with Crippen LogP contribution in [-0.4, -0.2) is 89.3 Å². The van der Waals surface area contributed by atoms with Crippen LogP contribution in [0, 0.1) is 10.1 Å². The van der Waals surface area contributed by atoms with Crippen molar-refractivity contribution in [2.45, 2.75) is 63.2 Å². The lowest BCUT2D eigenvalue weighted by molar-refractivity contribution is -0.414. The van der Waals surface area contributed by atoms with Crippen LogP contribution < -0.4 is 0 Å². The molecule has 0 spiro atoms. The van der Waals surface area contributed by atoms with Crippen LogP contribution in [0.25, 0.3) is 0 Å². The number of nitrogens with zero attached hydrogens (tertiary/aromatic N) is 1. The second-order valence-electron chi connectivity index (χ2n) is 8.52. The minimum Gasteiger partial charge on any atom is -0.458 e. The molecule has 0 aliphatic heterocycles. The number of nitro groups is 1. The summed E-state index contributed by atoms with van der Waals surface area (Å²) in [5, 5.41) is 4.59. The van der Waals surface area contributed by atoms with Crippen LogP contribution in [0.1, 0.15) is 0 Å². The molecule has 1 rings (SSSR count). The van der Waals surface area contributed by atoms with Crippen LogP contribution in [0.3, 0.4) is 0 Å². The van der Waals surface area contributed by atoms with Crippen LogP contribution in [-0.2, 0) is 30.2 Å². The molecule has 0 aromatic heterocycles. The van der Waals surface area contributed by atoms with E-state index in [1.165, 1.54) is 0 Å². The molecule has 8 nitrogen and oxygen atoms in total. The molecule has 0 heterocycles. The number of alkyl halides is 19. The van der Waals surface area contributed by atoms with Crippen molar-refractivity contribution in [1.29, 1.82) is 0 Å². The van der Waals surface area contributed by atoms with E-state index in [1.54, 1.807) is 0 Å². The van der Waals surface area contributed by atoms with Gasteiger partial charge in [-0.15, -0.1) is 0 Å². The van der Waals surface area contributed by atoms with E-state index in [1.807, 2.05) is 0 Å². The number of carbonyl (C=O) groups excluding carboxylic acids is 1. The Hall–Kier alpha value is -3.14. The lowest BCUT2D eigenvalue weighted by atomic mass is 9.94. The first kappa shape index (κ1) is 41.9. The van der Waals surface area contributed by atoms with Crippen LogP contribution in [0.5, 0.6) is 0 Å². The third kappa shape index (κ3) is 7.03. The summed E-state index contributed by atoms with van der Waals surface area (Å²) < 4.78 is 288. The maximum Gasteiger partial charge on any atom is 0.461 e. The molecule has 47 heavy (non-hydrogen) atoms. The maximum absolute atomic E-state index is 13.8. The van der Waals surface area contributed by atoms with E-state index in [-0.39, 0.29) is 12.1 Å². The molecule has 0 saturated carbocycles. The zero-order valence-corrected chi connectivity index (χ0v) is 22.7. The van der Waals surface area contributed by atoms with Gasteiger partial charge in [-0.2, -0.15) is 74.6 Å². The van der Waals surface area contributed by atoms with Gasteiger partial charge >= 0.3 is 59.4 Å². The van der Waals surface area contributed by atoms with Crippen molar-refractivity contribution in [1.82, 2.24) is 0 Å². The second kappa shape index (κ2) is 12.4. The molecule has 0 N–H and O–H groups in total. The standard InChI is InChI=1S/C18H8F19NO7S2/c19-10(20)12(23,24)14(27,28)15(29,30)13(25,26)11(21,22)5-45-9(39)4-47(43,44)8-2-1-6(3-7(8)38(40)41)46(42)18(36,37)16(31,32)17(33,34)35/h1-3,10H,4-5H2. The fourth-order valence-electron chi connectivity index (χ4n) is 2.76. The Balaban J connectivity index is 3.38. The predicted octanol–water partition coefficient (Wildman–Crippen LogP) is 6.25. The van der Waals surface area contributed by atoms with Crippen LogP contribution >= 0.6 is 0 Å². The maximum atomic E-state index is 13.8. The summed E-state index contributed by atoms with van der Waals surface area (Å²) in [6.07, 6.45) is -12.9. The Morgan fingerprint density at radius 2 is 1.28 bits per heavy atom. The Bertz CT molecular complexity index is 1510. The van der Waals surface area contributed by atoms with E-state index in [2.05, 4.69) is 4.74 Å². The van der Waals surface area contributed by atoms with Crippen molar-refractivity contribution in [2.75, 3.05) is 12.4 Å². The quantitative estimate of drug-likeness (QED) is 0.0949. The summed E-state index contributed by atoms with van der Waals surface area (Å²) in [7, 11) is -10.7. The number of sulfone groups is 1. The molecular weight excluding hydrogens is 767 g/mol. The first-order chi connectivity index (χ1) is 20.5. The molecular formula is C18H8F19NO7S2. The van der Waals surface area contributed by atoms with Crippen molar-refractivity contribution in [3.8, 4) is 0 Å². The molecule has 0 radical (unpaired) electrons. The average Bonchev–Trinajstić information content (AvgIpc) is 2.89. The highest BCUT2D eigenvalue weighted by atomic mass is 32.2. The van der Waals surface area contributed by atoms with E-state index >= 15 is 0 Å². The smallest absolute Gasteiger partial charge is 0.458 e. The summed E-state index contributed by atoms with van der Waals surface area (Å²) >= 11 is 0. The molecule has 0 aliphatic rings. The number of esters is 1. The van der Waals surface area contributed by atoms with Crippen molar-refractivity contribution in [2.24, 2.45) is 0 Å². The molecule has 0 amide bonds. The first-order valence-corrected chi connectivity index (χ1v) is 13.4. The topological polar surface area (TPSA) is 121 Å². The molecule has 272 valence electrons. The molecule has 0 saturated heterocycles. The Morgan fingerprint density at radius 1 is 0.809 bits per heavy atom. The number of carbonyl (C=O) groups is 1. The zero-order chi connectivity index (χ0) is 37.8. The van der Waals surface area contributed by atoms with Gasteiger partial charge in [0.1, 0.15) is 15.7 Å². The molecule has 0 aliphatic carbocycles. The Labute approximate surface area is 247 Å². The molecule has 1 atom stereocenters. The predicted molar refractivity (Wildman–Crippen MR) is 109 cm³/mol. The molecule has 1 aromatic rings. The lowest BCUT2D eigenvalue weighted by Crippen LogP contribution is -2.69. The zero-order valence-electron chi connectivity index (χ0n) is 21.0. The summed E-state index contributed by atoms with van der Waals surface area (Å²) in [5.41, 5.74) is -2.16. The van der Waals surface area contributed by atoms with Gasteiger partial charge in [0.05, 0.1) is 9.82 Å².